The van der Waals surface area contributed by atoms with Crippen LogP contribution in [0, 0.1) is 0 Å². The van der Waals surface area contributed by atoms with Crippen molar-refractivity contribution in [3.05, 3.63) is 59.2 Å². The minimum absolute atomic E-state index is 0.136. The van der Waals surface area contributed by atoms with Crippen molar-refractivity contribution >= 4 is 5.91 Å². The molecule has 0 spiro atoms. The first kappa shape index (κ1) is 20.8. The molecule has 1 amide bonds. The van der Waals surface area contributed by atoms with E-state index in [1.165, 1.54) is 5.56 Å². The average molecular weight is 371 g/mol. The number of nitrogens with one attached hydrogen (secondary N) is 1. The van der Waals surface area contributed by atoms with Crippen LogP contribution in [-0.2, 0) is 0 Å². The van der Waals surface area contributed by atoms with Gasteiger partial charge in [-0.25, -0.2) is 0 Å². The van der Waals surface area contributed by atoms with Crippen molar-refractivity contribution in [3.63, 3.8) is 0 Å². The average Bonchev–Trinajstić information content (AvgIpc) is 2.67. The summed E-state index contributed by atoms with van der Waals surface area (Å²) in [6.07, 6.45) is -0.760. The zero-order valence-corrected chi connectivity index (χ0v) is 16.5. The highest BCUT2D eigenvalue weighted by molar-refractivity contribution is 5.94. The van der Waals surface area contributed by atoms with E-state index in [1.807, 2.05) is 38.1 Å². The SMILES string of the molecule is CCOc1ccc(C(=O)NCC(O)c2ccc(C(C)C)cc2)cc1OCC. The van der Waals surface area contributed by atoms with E-state index < -0.39 is 6.10 Å². The van der Waals surface area contributed by atoms with Gasteiger partial charge in [-0.3, -0.25) is 4.79 Å². The van der Waals surface area contributed by atoms with Crippen molar-refractivity contribution in [1.29, 1.82) is 0 Å². The Kier molecular flexibility index (Phi) is 7.67. The molecule has 0 saturated carbocycles. The highest BCUT2D eigenvalue weighted by Gasteiger charge is 2.14. The third-order valence-corrected chi connectivity index (χ3v) is 4.25. The number of amides is 1. The number of ether oxygens (including phenoxy) is 2. The molecule has 2 N–H and O–H groups in total. The summed E-state index contributed by atoms with van der Waals surface area (Å²) >= 11 is 0. The molecule has 0 bridgehead atoms. The predicted molar refractivity (Wildman–Crippen MR) is 107 cm³/mol. The van der Waals surface area contributed by atoms with Gasteiger partial charge in [-0.15, -0.1) is 0 Å². The molecular formula is C22H29NO4. The number of aliphatic hydroxyl groups is 1. The number of carbonyl (C=O) groups excluding carboxylic acids is 1. The van der Waals surface area contributed by atoms with Crippen molar-refractivity contribution in [2.24, 2.45) is 0 Å². The first-order valence-corrected chi connectivity index (χ1v) is 9.42. The fraction of sp³-hybridized carbons (Fsp3) is 0.409. The van der Waals surface area contributed by atoms with E-state index in [-0.39, 0.29) is 12.5 Å². The summed E-state index contributed by atoms with van der Waals surface area (Å²) in [5.74, 6) is 1.32. The number of rotatable bonds is 9. The minimum atomic E-state index is -0.760. The van der Waals surface area contributed by atoms with Crippen molar-refractivity contribution in [2.45, 2.75) is 39.7 Å². The summed E-state index contributed by atoms with van der Waals surface area (Å²) in [6, 6.07) is 12.9. The van der Waals surface area contributed by atoms with Gasteiger partial charge in [0.15, 0.2) is 11.5 Å². The quantitative estimate of drug-likeness (QED) is 0.697. The van der Waals surface area contributed by atoms with Crippen LogP contribution < -0.4 is 14.8 Å². The lowest BCUT2D eigenvalue weighted by molar-refractivity contribution is 0.0916. The molecule has 1 atom stereocenters. The number of aliphatic hydroxyl groups excluding tert-OH is 1. The summed E-state index contributed by atoms with van der Waals surface area (Å²) in [7, 11) is 0. The molecular weight excluding hydrogens is 342 g/mol. The summed E-state index contributed by atoms with van der Waals surface area (Å²) < 4.78 is 11.1. The van der Waals surface area contributed by atoms with Gasteiger partial charge in [-0.2, -0.15) is 0 Å². The van der Waals surface area contributed by atoms with Crippen molar-refractivity contribution in [1.82, 2.24) is 5.32 Å². The fourth-order valence-electron chi connectivity index (χ4n) is 2.70. The van der Waals surface area contributed by atoms with Gasteiger partial charge in [0, 0.05) is 12.1 Å². The summed E-state index contributed by atoms with van der Waals surface area (Å²) in [5.41, 5.74) is 2.46. The van der Waals surface area contributed by atoms with Gasteiger partial charge < -0.3 is 19.9 Å². The van der Waals surface area contributed by atoms with Crippen LogP contribution in [0.1, 0.15) is 61.2 Å². The second-order valence-electron chi connectivity index (χ2n) is 6.57. The Bertz CT molecular complexity index is 740. The van der Waals surface area contributed by atoms with Crippen molar-refractivity contribution in [2.75, 3.05) is 19.8 Å². The Balaban J connectivity index is 2.00. The normalized spacial score (nSPS) is 11.9. The molecule has 27 heavy (non-hydrogen) atoms. The molecule has 0 radical (unpaired) electrons. The Morgan fingerprint density at radius 3 is 2.15 bits per heavy atom. The molecule has 0 heterocycles. The molecule has 0 aliphatic heterocycles. The monoisotopic (exact) mass is 371 g/mol. The highest BCUT2D eigenvalue weighted by Crippen LogP contribution is 2.28. The molecule has 2 aromatic carbocycles. The van der Waals surface area contributed by atoms with Crippen LogP contribution in [0.2, 0.25) is 0 Å². The lowest BCUT2D eigenvalue weighted by atomic mass is 10.00. The predicted octanol–water partition coefficient (Wildman–Crippen LogP) is 4.07. The Labute approximate surface area is 161 Å². The minimum Gasteiger partial charge on any atom is -0.490 e. The van der Waals surface area contributed by atoms with Crippen LogP contribution in [0.3, 0.4) is 0 Å². The lowest BCUT2D eigenvalue weighted by Gasteiger charge is -2.15. The molecule has 2 rings (SSSR count). The van der Waals surface area contributed by atoms with E-state index in [0.29, 0.717) is 36.2 Å². The first-order chi connectivity index (χ1) is 13.0. The largest absolute Gasteiger partial charge is 0.490 e. The summed E-state index contributed by atoms with van der Waals surface area (Å²) in [6.45, 7) is 9.16. The first-order valence-electron chi connectivity index (χ1n) is 9.42. The van der Waals surface area contributed by atoms with Crippen LogP contribution in [0.4, 0.5) is 0 Å². The van der Waals surface area contributed by atoms with Crippen LogP contribution >= 0.6 is 0 Å². The number of benzene rings is 2. The van der Waals surface area contributed by atoms with Crippen molar-refractivity contribution < 1.29 is 19.4 Å². The molecule has 0 aliphatic carbocycles. The van der Waals surface area contributed by atoms with Crippen LogP contribution in [0.5, 0.6) is 11.5 Å². The maximum atomic E-state index is 12.4. The number of hydrogen-bond donors (Lipinski definition) is 2. The van der Waals surface area contributed by atoms with E-state index in [4.69, 9.17) is 9.47 Å². The van der Waals surface area contributed by atoms with Gasteiger partial charge in [0.1, 0.15) is 0 Å². The summed E-state index contributed by atoms with van der Waals surface area (Å²) in [5, 5.41) is 13.1. The number of hydrogen-bond acceptors (Lipinski definition) is 4. The maximum Gasteiger partial charge on any atom is 0.251 e. The summed E-state index contributed by atoms with van der Waals surface area (Å²) in [4.78, 5) is 12.4. The standard InChI is InChI=1S/C22H29NO4/c1-5-26-20-12-11-18(13-21(20)27-6-2)22(25)23-14-19(24)17-9-7-16(8-10-17)15(3)4/h7-13,15,19,24H,5-6,14H2,1-4H3,(H,23,25). The van der Waals surface area contributed by atoms with Gasteiger partial charge in [-0.1, -0.05) is 38.1 Å². The van der Waals surface area contributed by atoms with E-state index >= 15 is 0 Å². The molecule has 5 heteroatoms. The van der Waals surface area contributed by atoms with Crippen molar-refractivity contribution in [3.8, 4) is 11.5 Å². The van der Waals surface area contributed by atoms with E-state index in [0.717, 1.165) is 5.56 Å². The Morgan fingerprint density at radius 2 is 1.56 bits per heavy atom. The van der Waals surface area contributed by atoms with E-state index in [1.54, 1.807) is 18.2 Å². The van der Waals surface area contributed by atoms with Crippen LogP contribution in [-0.4, -0.2) is 30.8 Å². The molecule has 1 unspecified atom stereocenters. The maximum absolute atomic E-state index is 12.4. The molecule has 0 fully saturated rings. The highest BCUT2D eigenvalue weighted by atomic mass is 16.5. The van der Waals surface area contributed by atoms with E-state index in [9.17, 15) is 9.90 Å². The molecule has 0 aliphatic rings. The second kappa shape index (κ2) is 9.97. The molecule has 0 saturated heterocycles. The second-order valence-corrected chi connectivity index (χ2v) is 6.57. The molecule has 0 aromatic heterocycles. The fourth-order valence-corrected chi connectivity index (χ4v) is 2.70. The molecule has 5 nitrogen and oxygen atoms in total. The zero-order chi connectivity index (χ0) is 19.8. The number of carbonyl (C=O) groups is 1. The van der Waals surface area contributed by atoms with Gasteiger partial charge in [0.2, 0.25) is 0 Å². The molecule has 146 valence electrons. The topological polar surface area (TPSA) is 67.8 Å². The van der Waals surface area contributed by atoms with Gasteiger partial charge in [-0.05, 0) is 49.1 Å². The van der Waals surface area contributed by atoms with Crippen LogP contribution in [0.25, 0.3) is 0 Å². The lowest BCUT2D eigenvalue weighted by Crippen LogP contribution is -2.28. The Hall–Kier alpha value is -2.53. The van der Waals surface area contributed by atoms with Gasteiger partial charge >= 0.3 is 0 Å². The van der Waals surface area contributed by atoms with Gasteiger partial charge in [0.25, 0.3) is 5.91 Å². The third-order valence-electron chi connectivity index (χ3n) is 4.25. The zero-order valence-electron chi connectivity index (χ0n) is 16.5. The van der Waals surface area contributed by atoms with Crippen LogP contribution in [0.15, 0.2) is 42.5 Å². The third kappa shape index (κ3) is 5.73. The Morgan fingerprint density at radius 1 is 0.963 bits per heavy atom. The smallest absolute Gasteiger partial charge is 0.251 e. The molecule has 2 aromatic rings. The van der Waals surface area contributed by atoms with E-state index in [2.05, 4.69) is 19.2 Å². The van der Waals surface area contributed by atoms with Gasteiger partial charge in [0.05, 0.1) is 19.3 Å².